The second-order valence-electron chi connectivity index (χ2n) is 4.65. The first-order valence-corrected chi connectivity index (χ1v) is 5.84. The molecule has 0 aromatic heterocycles. The van der Waals surface area contributed by atoms with Crippen molar-refractivity contribution in [2.24, 2.45) is 0 Å². The fraction of sp³-hybridized carbons (Fsp3) is 0.308. The Morgan fingerprint density at radius 2 is 2.28 bits per heavy atom. The second-order valence-corrected chi connectivity index (χ2v) is 4.65. The van der Waals surface area contributed by atoms with E-state index >= 15 is 0 Å². The van der Waals surface area contributed by atoms with Gasteiger partial charge in [-0.15, -0.1) is 0 Å². The van der Waals surface area contributed by atoms with Gasteiger partial charge in [0, 0.05) is 30.7 Å². The maximum atomic E-state index is 11.7. The molecule has 5 nitrogen and oxygen atoms in total. The first-order chi connectivity index (χ1) is 8.59. The van der Waals surface area contributed by atoms with Gasteiger partial charge in [-0.1, -0.05) is 12.2 Å². The lowest BCUT2D eigenvalue weighted by atomic mass is 9.96. The van der Waals surface area contributed by atoms with Gasteiger partial charge in [0.2, 0.25) is 5.91 Å². The van der Waals surface area contributed by atoms with E-state index in [9.17, 15) is 14.9 Å². The molecule has 2 atom stereocenters. The lowest BCUT2D eigenvalue weighted by molar-refractivity contribution is -0.384. The molecule has 1 aromatic rings. The fourth-order valence-electron chi connectivity index (χ4n) is 2.93. The molecule has 1 aliphatic heterocycles. The highest BCUT2D eigenvalue weighted by molar-refractivity contribution is 5.96. The monoisotopic (exact) mass is 244 g/mol. The van der Waals surface area contributed by atoms with E-state index in [0.29, 0.717) is 0 Å². The fourth-order valence-corrected chi connectivity index (χ4v) is 2.93. The van der Waals surface area contributed by atoms with Crippen molar-refractivity contribution in [2.75, 3.05) is 4.90 Å². The molecule has 1 amide bonds. The van der Waals surface area contributed by atoms with Gasteiger partial charge >= 0.3 is 0 Å². The smallest absolute Gasteiger partial charge is 0.269 e. The van der Waals surface area contributed by atoms with Crippen LogP contribution < -0.4 is 4.90 Å². The molecule has 1 aromatic carbocycles. The number of nitro groups is 1. The van der Waals surface area contributed by atoms with Crippen LogP contribution in [0.25, 0.3) is 0 Å². The van der Waals surface area contributed by atoms with E-state index in [2.05, 4.69) is 0 Å². The number of carbonyl (C=O) groups is 1. The van der Waals surface area contributed by atoms with Gasteiger partial charge in [0.05, 0.1) is 11.0 Å². The Morgan fingerprint density at radius 3 is 2.94 bits per heavy atom. The summed E-state index contributed by atoms with van der Waals surface area (Å²) in [6.45, 7) is 1.53. The van der Waals surface area contributed by atoms with Crippen molar-refractivity contribution >= 4 is 17.3 Å². The summed E-state index contributed by atoms with van der Waals surface area (Å²) in [5.74, 6) is 0.146. The van der Waals surface area contributed by atoms with Crippen molar-refractivity contribution in [3.63, 3.8) is 0 Å². The number of nitro benzene ring substituents is 1. The van der Waals surface area contributed by atoms with Crippen molar-refractivity contribution in [3.05, 3.63) is 46.0 Å². The number of fused-ring (bicyclic) bond motifs is 3. The molecule has 0 radical (unpaired) electrons. The number of hydrogen-bond acceptors (Lipinski definition) is 3. The molecule has 2 unspecified atom stereocenters. The molecule has 2 aliphatic rings. The molecule has 0 saturated carbocycles. The zero-order chi connectivity index (χ0) is 12.9. The molecule has 92 valence electrons. The standard InChI is InChI=1S/C13H12N2O3/c1-8(16)14-12-4-2-3-10(12)11-7-9(15(17)18)5-6-13(11)14/h2,4-7,10,12H,3H2,1H3. The van der Waals surface area contributed by atoms with Crippen molar-refractivity contribution in [3.8, 4) is 0 Å². The summed E-state index contributed by atoms with van der Waals surface area (Å²) in [5, 5.41) is 10.8. The maximum Gasteiger partial charge on any atom is 0.269 e. The van der Waals surface area contributed by atoms with Crippen LogP contribution in [0.1, 0.15) is 24.8 Å². The molecule has 0 bridgehead atoms. The number of non-ortho nitro benzene ring substituents is 1. The molecule has 1 aliphatic carbocycles. The predicted octanol–water partition coefficient (Wildman–Crippen LogP) is 2.37. The zero-order valence-corrected chi connectivity index (χ0v) is 9.87. The van der Waals surface area contributed by atoms with E-state index in [4.69, 9.17) is 0 Å². The molecule has 0 spiro atoms. The number of hydrogen-bond donors (Lipinski definition) is 0. The summed E-state index contributed by atoms with van der Waals surface area (Å²) in [7, 11) is 0. The van der Waals surface area contributed by atoms with E-state index in [1.807, 2.05) is 12.2 Å². The van der Waals surface area contributed by atoms with E-state index in [1.54, 1.807) is 17.0 Å². The number of allylic oxidation sites excluding steroid dienone is 1. The number of carbonyl (C=O) groups excluding carboxylic acids is 1. The Labute approximate surface area is 104 Å². The maximum absolute atomic E-state index is 11.7. The topological polar surface area (TPSA) is 63.5 Å². The highest BCUT2D eigenvalue weighted by Crippen LogP contribution is 2.47. The molecule has 5 heteroatoms. The number of amides is 1. The van der Waals surface area contributed by atoms with E-state index in [-0.39, 0.29) is 23.6 Å². The normalized spacial score (nSPS) is 23.9. The number of anilines is 1. The quantitative estimate of drug-likeness (QED) is 0.433. The summed E-state index contributed by atoms with van der Waals surface area (Å²) in [4.78, 5) is 23.9. The third-order valence-electron chi connectivity index (χ3n) is 3.65. The van der Waals surface area contributed by atoms with E-state index < -0.39 is 4.92 Å². The van der Waals surface area contributed by atoms with Crippen LogP contribution in [-0.4, -0.2) is 16.9 Å². The van der Waals surface area contributed by atoms with Gasteiger partial charge in [-0.25, -0.2) is 0 Å². The molecule has 3 rings (SSSR count). The van der Waals surface area contributed by atoms with Crippen LogP contribution in [0.2, 0.25) is 0 Å². The molecule has 1 heterocycles. The lowest BCUT2D eigenvalue weighted by Crippen LogP contribution is -2.34. The van der Waals surface area contributed by atoms with Gasteiger partial charge in [-0.3, -0.25) is 14.9 Å². The lowest BCUT2D eigenvalue weighted by Gasteiger charge is -2.21. The van der Waals surface area contributed by atoms with Crippen LogP contribution in [0.3, 0.4) is 0 Å². The average molecular weight is 244 g/mol. The van der Waals surface area contributed by atoms with Gasteiger partial charge in [-0.05, 0) is 18.1 Å². The summed E-state index contributed by atoms with van der Waals surface area (Å²) >= 11 is 0. The van der Waals surface area contributed by atoms with Gasteiger partial charge in [0.1, 0.15) is 0 Å². The number of nitrogens with zero attached hydrogens (tertiary/aromatic N) is 2. The van der Waals surface area contributed by atoms with Crippen LogP contribution >= 0.6 is 0 Å². The Bertz CT molecular complexity index is 580. The predicted molar refractivity (Wildman–Crippen MR) is 66.5 cm³/mol. The first-order valence-electron chi connectivity index (χ1n) is 5.84. The largest absolute Gasteiger partial charge is 0.305 e. The number of benzene rings is 1. The minimum atomic E-state index is -0.395. The van der Waals surface area contributed by atoms with Gasteiger partial charge in [-0.2, -0.15) is 0 Å². The first kappa shape index (κ1) is 11.0. The van der Waals surface area contributed by atoms with Crippen LogP contribution in [0.4, 0.5) is 11.4 Å². The van der Waals surface area contributed by atoms with Gasteiger partial charge in [0.25, 0.3) is 5.69 Å². The van der Waals surface area contributed by atoms with Gasteiger partial charge < -0.3 is 4.90 Å². The zero-order valence-electron chi connectivity index (χ0n) is 9.87. The van der Waals surface area contributed by atoms with Crippen molar-refractivity contribution in [1.82, 2.24) is 0 Å². The van der Waals surface area contributed by atoms with E-state index in [1.165, 1.54) is 13.0 Å². The molecular formula is C13H12N2O3. The second kappa shape index (κ2) is 3.66. The third kappa shape index (κ3) is 1.37. The van der Waals surface area contributed by atoms with Crippen molar-refractivity contribution in [2.45, 2.75) is 25.3 Å². The molecular weight excluding hydrogens is 232 g/mol. The Hall–Kier alpha value is -2.17. The van der Waals surface area contributed by atoms with Crippen LogP contribution in [0, 0.1) is 10.1 Å². The summed E-state index contributed by atoms with van der Waals surface area (Å²) in [6, 6.07) is 4.77. The SMILES string of the molecule is CC(=O)N1c2ccc([N+](=O)[O-])cc2C2CC=CC21. The minimum Gasteiger partial charge on any atom is -0.305 e. The van der Waals surface area contributed by atoms with Crippen LogP contribution in [0.15, 0.2) is 30.4 Å². The van der Waals surface area contributed by atoms with Gasteiger partial charge in [0.15, 0.2) is 0 Å². The molecule has 0 saturated heterocycles. The average Bonchev–Trinajstić information content (AvgIpc) is 2.86. The molecule has 18 heavy (non-hydrogen) atoms. The van der Waals surface area contributed by atoms with Crippen LogP contribution in [-0.2, 0) is 4.79 Å². The Balaban J connectivity index is 2.14. The van der Waals surface area contributed by atoms with E-state index in [0.717, 1.165) is 17.7 Å². The highest BCUT2D eigenvalue weighted by atomic mass is 16.6. The molecule has 0 N–H and O–H groups in total. The van der Waals surface area contributed by atoms with Crippen molar-refractivity contribution < 1.29 is 9.72 Å². The summed E-state index contributed by atoms with van der Waals surface area (Å²) in [6.07, 6.45) is 4.88. The van der Waals surface area contributed by atoms with Crippen molar-refractivity contribution in [1.29, 1.82) is 0 Å². The minimum absolute atomic E-state index is 0.0239. The molecule has 0 fully saturated rings. The Kier molecular flexibility index (Phi) is 2.23. The van der Waals surface area contributed by atoms with Crippen LogP contribution in [0.5, 0.6) is 0 Å². The summed E-state index contributed by atoms with van der Waals surface area (Å²) in [5.41, 5.74) is 1.81. The summed E-state index contributed by atoms with van der Waals surface area (Å²) < 4.78 is 0. The third-order valence-corrected chi connectivity index (χ3v) is 3.65. The highest BCUT2D eigenvalue weighted by Gasteiger charge is 2.41. The number of rotatable bonds is 1. The Morgan fingerprint density at radius 1 is 1.50 bits per heavy atom.